The largest absolute Gasteiger partial charge is 0.389 e. The molecule has 2 aromatic carbocycles. The summed E-state index contributed by atoms with van der Waals surface area (Å²) in [6, 6.07) is 18.0. The summed E-state index contributed by atoms with van der Waals surface area (Å²) < 4.78 is 5.62. The van der Waals surface area contributed by atoms with E-state index in [4.69, 9.17) is 16.3 Å². The predicted molar refractivity (Wildman–Crippen MR) is 117 cm³/mol. The van der Waals surface area contributed by atoms with Gasteiger partial charge in [-0.3, -0.25) is 4.90 Å². The third-order valence-electron chi connectivity index (χ3n) is 4.44. The van der Waals surface area contributed by atoms with E-state index in [1.807, 2.05) is 48.5 Å². The Labute approximate surface area is 178 Å². The fourth-order valence-corrected chi connectivity index (χ4v) is 3.28. The Morgan fingerprint density at radius 3 is 2.33 bits per heavy atom. The Balaban J connectivity index is 0.00000182. The first kappa shape index (κ1) is 24.0. The van der Waals surface area contributed by atoms with Crippen molar-refractivity contribution in [2.75, 3.05) is 44.2 Å². The Morgan fingerprint density at radius 2 is 1.67 bits per heavy atom. The molecule has 4 nitrogen and oxygen atoms in total. The first-order valence-electron chi connectivity index (χ1n) is 8.73. The van der Waals surface area contributed by atoms with Gasteiger partial charge in [-0.1, -0.05) is 48.0 Å². The highest BCUT2D eigenvalue weighted by atomic mass is 35.5. The zero-order chi connectivity index (χ0) is 17.5. The Kier molecular flexibility index (Phi) is 11.1. The lowest BCUT2D eigenvalue weighted by Crippen LogP contribution is -2.49. The second-order valence-corrected chi connectivity index (χ2v) is 6.86. The van der Waals surface area contributed by atoms with E-state index in [0.29, 0.717) is 19.8 Å². The van der Waals surface area contributed by atoms with Crippen LogP contribution in [0.15, 0.2) is 54.6 Å². The quantitative estimate of drug-likeness (QED) is 0.719. The van der Waals surface area contributed by atoms with E-state index < -0.39 is 6.10 Å². The van der Waals surface area contributed by atoms with Gasteiger partial charge in [-0.25, -0.2) is 0 Å². The van der Waals surface area contributed by atoms with Crippen molar-refractivity contribution in [2.45, 2.75) is 12.7 Å². The standard InChI is InChI=1S/C20H25ClN2O2.2ClH/c21-18-7-4-8-19(13-18)23-11-9-22(10-12-23)14-20(24)16-25-15-17-5-2-1-3-6-17;;/h1-8,13,20,24H,9-12,14-16H2;2*1H. The molecule has 1 aliphatic heterocycles. The van der Waals surface area contributed by atoms with Gasteiger partial charge in [0.1, 0.15) is 0 Å². The summed E-state index contributed by atoms with van der Waals surface area (Å²) >= 11 is 6.07. The number of halogens is 3. The SMILES string of the molecule is Cl.Cl.OC(COCc1ccccc1)CN1CCN(c2cccc(Cl)c2)CC1. The summed E-state index contributed by atoms with van der Waals surface area (Å²) in [6.07, 6.45) is -0.457. The van der Waals surface area contributed by atoms with Gasteiger partial charge in [0.15, 0.2) is 0 Å². The summed E-state index contributed by atoms with van der Waals surface area (Å²) in [7, 11) is 0. The molecule has 0 spiro atoms. The Hall–Kier alpha value is -1.01. The number of ether oxygens (including phenoxy) is 1. The predicted octanol–water partition coefficient (Wildman–Crippen LogP) is 3.88. The summed E-state index contributed by atoms with van der Waals surface area (Å²) in [4.78, 5) is 4.62. The fraction of sp³-hybridized carbons (Fsp3) is 0.400. The number of aliphatic hydroxyl groups excluding tert-OH is 1. The molecule has 0 aromatic heterocycles. The molecule has 150 valence electrons. The van der Waals surface area contributed by atoms with Crippen LogP contribution in [0.25, 0.3) is 0 Å². The molecule has 1 fully saturated rings. The van der Waals surface area contributed by atoms with Gasteiger partial charge in [-0.05, 0) is 23.8 Å². The number of β-amino-alcohol motifs (C(OH)–C–C–N with tert-alkyl or cyclic N) is 1. The van der Waals surface area contributed by atoms with Crippen LogP contribution in [-0.4, -0.2) is 55.4 Å². The minimum Gasteiger partial charge on any atom is -0.389 e. The molecule has 1 aliphatic rings. The number of piperazine rings is 1. The van der Waals surface area contributed by atoms with Crippen molar-refractivity contribution in [3.63, 3.8) is 0 Å². The normalized spacial score (nSPS) is 15.6. The van der Waals surface area contributed by atoms with Crippen molar-refractivity contribution < 1.29 is 9.84 Å². The molecule has 3 rings (SSSR count). The van der Waals surface area contributed by atoms with Gasteiger partial charge < -0.3 is 14.7 Å². The van der Waals surface area contributed by atoms with Crippen LogP contribution in [0.2, 0.25) is 5.02 Å². The highest BCUT2D eigenvalue weighted by Crippen LogP contribution is 2.20. The molecule has 1 N–H and O–H groups in total. The van der Waals surface area contributed by atoms with Crippen molar-refractivity contribution in [3.8, 4) is 0 Å². The number of anilines is 1. The second-order valence-electron chi connectivity index (χ2n) is 6.42. The highest BCUT2D eigenvalue weighted by Gasteiger charge is 2.19. The van der Waals surface area contributed by atoms with Gasteiger partial charge in [0.05, 0.1) is 19.3 Å². The third-order valence-corrected chi connectivity index (χ3v) is 4.67. The third kappa shape index (κ3) is 7.86. The van der Waals surface area contributed by atoms with Crippen LogP contribution in [0, 0.1) is 0 Å². The molecule has 1 heterocycles. The van der Waals surface area contributed by atoms with E-state index in [1.165, 1.54) is 5.69 Å². The van der Waals surface area contributed by atoms with Gasteiger partial charge in [0.25, 0.3) is 0 Å². The number of hydrogen-bond donors (Lipinski definition) is 1. The van der Waals surface area contributed by atoms with E-state index in [1.54, 1.807) is 0 Å². The number of aliphatic hydroxyl groups is 1. The lowest BCUT2D eigenvalue weighted by atomic mass is 10.2. The van der Waals surface area contributed by atoms with Crippen LogP contribution in [0.5, 0.6) is 0 Å². The molecule has 0 amide bonds. The van der Waals surface area contributed by atoms with E-state index in [0.717, 1.165) is 36.8 Å². The van der Waals surface area contributed by atoms with Crippen LogP contribution in [0.4, 0.5) is 5.69 Å². The van der Waals surface area contributed by atoms with E-state index in [9.17, 15) is 5.11 Å². The van der Waals surface area contributed by atoms with Crippen molar-refractivity contribution in [3.05, 3.63) is 65.2 Å². The topological polar surface area (TPSA) is 35.9 Å². The van der Waals surface area contributed by atoms with Gasteiger partial charge in [-0.2, -0.15) is 0 Å². The smallest absolute Gasteiger partial charge is 0.0900 e. The molecule has 0 radical (unpaired) electrons. The molecular formula is C20H27Cl3N2O2. The zero-order valence-corrected chi connectivity index (χ0v) is 17.6. The van der Waals surface area contributed by atoms with Gasteiger partial charge in [-0.15, -0.1) is 24.8 Å². The summed E-state index contributed by atoms with van der Waals surface area (Å²) in [5, 5.41) is 11.0. The number of hydrogen-bond acceptors (Lipinski definition) is 4. The van der Waals surface area contributed by atoms with Crippen molar-refractivity contribution in [1.29, 1.82) is 0 Å². The highest BCUT2D eigenvalue weighted by molar-refractivity contribution is 6.30. The molecule has 0 aliphatic carbocycles. The summed E-state index contributed by atoms with van der Waals surface area (Å²) in [6.45, 7) is 5.31. The van der Waals surface area contributed by atoms with Crippen molar-refractivity contribution in [2.24, 2.45) is 0 Å². The number of rotatable bonds is 7. The molecule has 1 atom stereocenters. The van der Waals surface area contributed by atoms with Crippen LogP contribution >= 0.6 is 36.4 Å². The molecule has 1 saturated heterocycles. The molecule has 27 heavy (non-hydrogen) atoms. The second kappa shape index (κ2) is 12.4. The zero-order valence-electron chi connectivity index (χ0n) is 15.2. The lowest BCUT2D eigenvalue weighted by molar-refractivity contribution is 0.00914. The minimum atomic E-state index is -0.457. The monoisotopic (exact) mass is 432 g/mol. The maximum atomic E-state index is 10.2. The maximum Gasteiger partial charge on any atom is 0.0900 e. The van der Waals surface area contributed by atoms with E-state index in [-0.39, 0.29) is 24.8 Å². The van der Waals surface area contributed by atoms with Gasteiger partial charge in [0, 0.05) is 43.4 Å². The Bertz CT molecular complexity index is 653. The van der Waals surface area contributed by atoms with Crippen LogP contribution in [0.3, 0.4) is 0 Å². The summed E-state index contributed by atoms with van der Waals surface area (Å²) in [5.41, 5.74) is 2.30. The number of benzene rings is 2. The van der Waals surface area contributed by atoms with Crippen LogP contribution < -0.4 is 4.90 Å². The van der Waals surface area contributed by atoms with Crippen molar-refractivity contribution >= 4 is 42.1 Å². The lowest BCUT2D eigenvalue weighted by Gasteiger charge is -2.36. The average Bonchev–Trinajstić information content (AvgIpc) is 2.63. The molecular weight excluding hydrogens is 407 g/mol. The number of nitrogens with zero attached hydrogens (tertiary/aromatic N) is 2. The summed E-state index contributed by atoms with van der Waals surface area (Å²) in [5.74, 6) is 0. The minimum absolute atomic E-state index is 0. The van der Waals surface area contributed by atoms with Crippen molar-refractivity contribution in [1.82, 2.24) is 4.90 Å². The molecule has 1 unspecified atom stereocenters. The first-order chi connectivity index (χ1) is 12.2. The maximum absolute atomic E-state index is 10.2. The van der Waals surface area contributed by atoms with E-state index >= 15 is 0 Å². The van der Waals surface area contributed by atoms with E-state index in [2.05, 4.69) is 15.9 Å². The molecule has 7 heteroatoms. The van der Waals surface area contributed by atoms with Crippen LogP contribution in [-0.2, 0) is 11.3 Å². The van der Waals surface area contributed by atoms with Gasteiger partial charge >= 0.3 is 0 Å². The molecule has 0 saturated carbocycles. The van der Waals surface area contributed by atoms with Crippen LogP contribution in [0.1, 0.15) is 5.56 Å². The Morgan fingerprint density at radius 1 is 0.963 bits per heavy atom. The fourth-order valence-electron chi connectivity index (χ4n) is 3.10. The first-order valence-corrected chi connectivity index (χ1v) is 9.11. The van der Waals surface area contributed by atoms with Gasteiger partial charge in [0.2, 0.25) is 0 Å². The molecule has 2 aromatic rings. The average molecular weight is 434 g/mol. The molecule has 0 bridgehead atoms.